The highest BCUT2D eigenvalue weighted by atomic mass is 79.9. The van der Waals surface area contributed by atoms with Crippen LogP contribution in [0.15, 0.2) is 40.4 Å². The average molecular weight is 385 g/mol. The predicted octanol–water partition coefficient (Wildman–Crippen LogP) is -0.150. The van der Waals surface area contributed by atoms with Crippen LogP contribution < -0.4 is 15.8 Å². The number of aliphatic hydroxyl groups excluding tert-OH is 2. The number of rotatable bonds is 5. The molecule has 3 unspecified atom stereocenters. The molecule has 1 aliphatic rings. The summed E-state index contributed by atoms with van der Waals surface area (Å²) < 4.78 is 6.35. The van der Waals surface area contributed by atoms with E-state index in [0.29, 0.717) is 10.2 Å². The summed E-state index contributed by atoms with van der Waals surface area (Å²) in [6.45, 7) is -0.301. The Labute approximate surface area is 141 Å². The third-order valence-electron chi connectivity index (χ3n) is 3.34. The molecule has 1 aliphatic carbocycles. The van der Waals surface area contributed by atoms with Crippen LogP contribution in [0.2, 0.25) is 0 Å². The van der Waals surface area contributed by atoms with Crippen molar-refractivity contribution in [1.82, 2.24) is 5.32 Å². The Bertz CT molecular complexity index is 634. The Kier molecular flexibility index (Phi) is 5.75. The molecule has 1 aromatic carbocycles. The first-order chi connectivity index (χ1) is 10.9. The van der Waals surface area contributed by atoms with Crippen LogP contribution in [0.1, 0.15) is 6.42 Å². The van der Waals surface area contributed by atoms with Gasteiger partial charge in [0.05, 0.1) is 17.1 Å². The van der Waals surface area contributed by atoms with Gasteiger partial charge in [0.25, 0.3) is 0 Å². The molecule has 5 N–H and O–H groups in total. The standard InChI is InChI=1S/C15H17BrN2O5/c16-9-3-1-2-4-11(9)23-12-6-8(5-10(19)14(12)21)15(22)18-7-13(17)20/h1-4,6,10,12,14,19,21H,5,7H2,(H2,17,20)(H,18,22). The van der Waals surface area contributed by atoms with Crippen molar-refractivity contribution >= 4 is 27.7 Å². The summed E-state index contributed by atoms with van der Waals surface area (Å²) in [5.74, 6) is -0.731. The van der Waals surface area contributed by atoms with Gasteiger partial charge in [0.1, 0.15) is 18.0 Å². The minimum absolute atomic E-state index is 0.0401. The number of aliphatic hydroxyl groups is 2. The predicted molar refractivity (Wildman–Crippen MR) is 85.5 cm³/mol. The van der Waals surface area contributed by atoms with Gasteiger partial charge in [-0.3, -0.25) is 9.59 Å². The van der Waals surface area contributed by atoms with E-state index in [4.69, 9.17) is 10.5 Å². The maximum atomic E-state index is 12.0. The Morgan fingerprint density at radius 1 is 1.35 bits per heavy atom. The molecule has 7 nitrogen and oxygen atoms in total. The molecule has 2 amide bonds. The molecule has 0 aliphatic heterocycles. The first-order valence-corrected chi connectivity index (χ1v) is 7.72. The first kappa shape index (κ1) is 17.5. The number of amides is 2. The largest absolute Gasteiger partial charge is 0.482 e. The number of para-hydroxylation sites is 1. The summed E-state index contributed by atoms with van der Waals surface area (Å²) >= 11 is 3.32. The molecule has 0 radical (unpaired) electrons. The fourth-order valence-corrected chi connectivity index (χ4v) is 2.55. The van der Waals surface area contributed by atoms with Gasteiger partial charge in [-0.25, -0.2) is 0 Å². The maximum Gasteiger partial charge on any atom is 0.247 e. The zero-order valence-corrected chi connectivity index (χ0v) is 13.7. The van der Waals surface area contributed by atoms with E-state index in [9.17, 15) is 19.8 Å². The number of carbonyl (C=O) groups is 2. The van der Waals surface area contributed by atoms with E-state index in [1.807, 2.05) is 6.07 Å². The summed E-state index contributed by atoms with van der Waals surface area (Å²) in [4.78, 5) is 22.7. The van der Waals surface area contributed by atoms with Crippen LogP contribution in [0.4, 0.5) is 0 Å². The quantitative estimate of drug-likeness (QED) is 0.562. The third kappa shape index (κ3) is 4.54. The normalized spacial score (nSPS) is 23.8. The lowest BCUT2D eigenvalue weighted by Gasteiger charge is -2.31. The average Bonchev–Trinajstić information content (AvgIpc) is 2.51. The lowest BCUT2D eigenvalue weighted by Crippen LogP contribution is -2.45. The van der Waals surface area contributed by atoms with Gasteiger partial charge in [0.15, 0.2) is 0 Å². The number of primary amides is 1. The number of carbonyl (C=O) groups excluding carboxylic acids is 2. The lowest BCUT2D eigenvalue weighted by atomic mass is 9.91. The molecule has 2 rings (SSSR count). The second-order valence-corrected chi connectivity index (χ2v) is 5.97. The van der Waals surface area contributed by atoms with Gasteiger partial charge in [-0.15, -0.1) is 0 Å². The summed E-state index contributed by atoms with van der Waals surface area (Å²) in [5.41, 5.74) is 5.20. The summed E-state index contributed by atoms with van der Waals surface area (Å²) in [6, 6.07) is 7.03. The van der Waals surface area contributed by atoms with E-state index >= 15 is 0 Å². The van der Waals surface area contributed by atoms with Gasteiger partial charge in [0, 0.05) is 12.0 Å². The fraction of sp³-hybridized carbons (Fsp3) is 0.333. The minimum Gasteiger partial charge on any atom is -0.482 e. The van der Waals surface area contributed by atoms with Gasteiger partial charge < -0.3 is 26.0 Å². The van der Waals surface area contributed by atoms with E-state index in [0.717, 1.165) is 0 Å². The molecule has 0 heterocycles. The zero-order valence-electron chi connectivity index (χ0n) is 12.1. The van der Waals surface area contributed by atoms with Crippen LogP contribution in [0.3, 0.4) is 0 Å². The fourth-order valence-electron chi connectivity index (χ4n) is 2.17. The molecular formula is C15H17BrN2O5. The SMILES string of the molecule is NC(=O)CNC(=O)C1=CC(Oc2ccccc2Br)C(O)C(O)C1. The number of nitrogens with one attached hydrogen (secondary N) is 1. The van der Waals surface area contributed by atoms with E-state index < -0.39 is 30.1 Å². The van der Waals surface area contributed by atoms with Crippen LogP contribution in [0.5, 0.6) is 5.75 Å². The molecular weight excluding hydrogens is 368 g/mol. The number of ether oxygens (including phenoxy) is 1. The van der Waals surface area contributed by atoms with Crippen LogP contribution in [-0.4, -0.2) is 46.9 Å². The van der Waals surface area contributed by atoms with Crippen molar-refractivity contribution in [3.63, 3.8) is 0 Å². The molecule has 0 fully saturated rings. The summed E-state index contributed by atoms with van der Waals surface area (Å²) in [6.07, 6.45) is -1.82. The number of benzene rings is 1. The van der Waals surface area contributed by atoms with Crippen molar-refractivity contribution in [2.75, 3.05) is 6.54 Å². The van der Waals surface area contributed by atoms with Crippen molar-refractivity contribution in [3.05, 3.63) is 40.4 Å². The third-order valence-corrected chi connectivity index (χ3v) is 3.99. The Hall–Kier alpha value is -1.90. The van der Waals surface area contributed by atoms with Crippen LogP contribution >= 0.6 is 15.9 Å². The van der Waals surface area contributed by atoms with Gasteiger partial charge >= 0.3 is 0 Å². The van der Waals surface area contributed by atoms with Crippen LogP contribution in [0.25, 0.3) is 0 Å². The van der Waals surface area contributed by atoms with Crippen molar-refractivity contribution in [2.24, 2.45) is 5.73 Å². The summed E-state index contributed by atoms with van der Waals surface area (Å²) in [5, 5.41) is 22.3. The van der Waals surface area contributed by atoms with Crippen LogP contribution in [-0.2, 0) is 9.59 Å². The highest BCUT2D eigenvalue weighted by Crippen LogP contribution is 2.29. The number of hydrogen-bond acceptors (Lipinski definition) is 5. The van der Waals surface area contributed by atoms with Crippen molar-refractivity contribution in [1.29, 1.82) is 0 Å². The second kappa shape index (κ2) is 7.58. The Morgan fingerprint density at radius 2 is 2.04 bits per heavy atom. The van der Waals surface area contributed by atoms with Gasteiger partial charge in [0.2, 0.25) is 11.8 Å². The Morgan fingerprint density at radius 3 is 2.70 bits per heavy atom. The highest BCUT2D eigenvalue weighted by molar-refractivity contribution is 9.10. The monoisotopic (exact) mass is 384 g/mol. The number of halogens is 1. The molecule has 8 heteroatoms. The van der Waals surface area contributed by atoms with Crippen LogP contribution in [0, 0.1) is 0 Å². The van der Waals surface area contributed by atoms with E-state index in [-0.39, 0.29) is 18.5 Å². The van der Waals surface area contributed by atoms with Gasteiger partial charge in [-0.05, 0) is 34.1 Å². The van der Waals surface area contributed by atoms with E-state index in [1.54, 1.807) is 18.2 Å². The van der Waals surface area contributed by atoms with Crippen molar-refractivity contribution < 1.29 is 24.5 Å². The molecule has 124 valence electrons. The molecule has 0 saturated carbocycles. The van der Waals surface area contributed by atoms with Gasteiger partial charge in [-0.2, -0.15) is 0 Å². The zero-order chi connectivity index (χ0) is 17.0. The number of nitrogens with two attached hydrogens (primary N) is 1. The molecule has 0 aromatic heterocycles. The maximum absolute atomic E-state index is 12.0. The smallest absolute Gasteiger partial charge is 0.247 e. The molecule has 0 bridgehead atoms. The number of hydrogen-bond donors (Lipinski definition) is 4. The molecule has 0 spiro atoms. The van der Waals surface area contributed by atoms with Gasteiger partial charge in [-0.1, -0.05) is 12.1 Å². The lowest BCUT2D eigenvalue weighted by molar-refractivity contribution is -0.123. The summed E-state index contributed by atoms with van der Waals surface area (Å²) in [7, 11) is 0. The Balaban J connectivity index is 2.16. The second-order valence-electron chi connectivity index (χ2n) is 5.12. The minimum atomic E-state index is -1.17. The molecule has 3 atom stereocenters. The van der Waals surface area contributed by atoms with Crippen molar-refractivity contribution in [2.45, 2.75) is 24.7 Å². The van der Waals surface area contributed by atoms with E-state index in [1.165, 1.54) is 6.08 Å². The first-order valence-electron chi connectivity index (χ1n) is 6.93. The molecule has 0 saturated heterocycles. The van der Waals surface area contributed by atoms with Crippen molar-refractivity contribution in [3.8, 4) is 5.75 Å². The van der Waals surface area contributed by atoms with E-state index in [2.05, 4.69) is 21.2 Å². The highest BCUT2D eigenvalue weighted by Gasteiger charge is 2.34. The topological polar surface area (TPSA) is 122 Å². The molecule has 1 aromatic rings. The molecule has 23 heavy (non-hydrogen) atoms.